The maximum absolute atomic E-state index is 13.2. The number of hydrogen-bond donors (Lipinski definition) is 0. The summed E-state index contributed by atoms with van der Waals surface area (Å²) in [5.74, 6) is 0.566. The van der Waals surface area contributed by atoms with Gasteiger partial charge in [0.15, 0.2) is 0 Å². The van der Waals surface area contributed by atoms with E-state index in [9.17, 15) is 8.42 Å². The van der Waals surface area contributed by atoms with Crippen LogP contribution in [0.25, 0.3) is 10.8 Å². The van der Waals surface area contributed by atoms with E-state index in [0.29, 0.717) is 47.5 Å². The Hall–Kier alpha value is -1.97. The van der Waals surface area contributed by atoms with Gasteiger partial charge in [0.1, 0.15) is 16.9 Å². The van der Waals surface area contributed by atoms with Crippen LogP contribution in [0, 0.1) is 13.8 Å². The van der Waals surface area contributed by atoms with Crippen molar-refractivity contribution >= 4 is 21.4 Å². The standard InChI is InChI=1S/C19H26N4O3S2/c1-5-9-22(10-6-2)28(24,25)18-14(3)21-23(15(18)4)12-16-13-26-19(20-16)17-8-7-11-27-17/h7-8,11,13H,5-6,9-10,12H2,1-4H3. The van der Waals surface area contributed by atoms with E-state index >= 15 is 0 Å². The fourth-order valence-electron chi connectivity index (χ4n) is 3.23. The SMILES string of the molecule is CCCN(CCC)S(=O)(=O)c1c(C)nn(Cc2coc(-c3cccs3)n2)c1C. The molecule has 0 spiro atoms. The first-order valence-electron chi connectivity index (χ1n) is 9.40. The first-order chi connectivity index (χ1) is 13.4. The van der Waals surface area contributed by atoms with Crippen molar-refractivity contribution in [2.45, 2.75) is 52.0 Å². The van der Waals surface area contributed by atoms with E-state index in [1.807, 2.05) is 31.4 Å². The Labute approximate surface area is 170 Å². The van der Waals surface area contributed by atoms with E-state index in [1.54, 1.807) is 40.4 Å². The van der Waals surface area contributed by atoms with E-state index in [-0.39, 0.29) is 0 Å². The second-order valence-electron chi connectivity index (χ2n) is 6.68. The molecule has 0 saturated carbocycles. The first kappa shape index (κ1) is 20.8. The van der Waals surface area contributed by atoms with Crippen LogP contribution in [0.3, 0.4) is 0 Å². The summed E-state index contributed by atoms with van der Waals surface area (Å²) >= 11 is 1.56. The maximum atomic E-state index is 13.2. The first-order valence-corrected chi connectivity index (χ1v) is 11.7. The lowest BCUT2D eigenvalue weighted by atomic mass is 10.4. The van der Waals surface area contributed by atoms with Crippen molar-refractivity contribution in [1.29, 1.82) is 0 Å². The summed E-state index contributed by atoms with van der Waals surface area (Å²) in [5.41, 5.74) is 1.84. The number of hydrogen-bond acceptors (Lipinski definition) is 6. The highest BCUT2D eigenvalue weighted by Gasteiger charge is 2.30. The van der Waals surface area contributed by atoms with Crippen LogP contribution in [-0.2, 0) is 16.6 Å². The number of sulfonamides is 1. The normalized spacial score (nSPS) is 12.2. The van der Waals surface area contributed by atoms with Crippen molar-refractivity contribution in [2.75, 3.05) is 13.1 Å². The van der Waals surface area contributed by atoms with Crippen molar-refractivity contribution in [2.24, 2.45) is 0 Å². The Morgan fingerprint density at radius 3 is 2.54 bits per heavy atom. The topological polar surface area (TPSA) is 81.2 Å². The van der Waals surface area contributed by atoms with Gasteiger partial charge in [-0.2, -0.15) is 9.40 Å². The number of aromatic nitrogens is 3. The van der Waals surface area contributed by atoms with Crippen molar-refractivity contribution in [1.82, 2.24) is 19.1 Å². The monoisotopic (exact) mass is 422 g/mol. The van der Waals surface area contributed by atoms with Gasteiger partial charge in [0, 0.05) is 13.1 Å². The lowest BCUT2D eigenvalue weighted by molar-refractivity contribution is 0.409. The molecule has 0 amide bonds. The Kier molecular flexibility index (Phi) is 6.36. The van der Waals surface area contributed by atoms with Gasteiger partial charge in [0.25, 0.3) is 0 Å². The highest BCUT2D eigenvalue weighted by Crippen LogP contribution is 2.26. The number of nitrogens with zero attached hydrogens (tertiary/aromatic N) is 4. The molecule has 3 aromatic heterocycles. The van der Waals surface area contributed by atoms with Gasteiger partial charge in [0.2, 0.25) is 15.9 Å². The molecule has 152 valence electrons. The molecule has 0 atom stereocenters. The molecule has 0 aromatic carbocycles. The molecule has 0 saturated heterocycles. The molecule has 3 aromatic rings. The molecule has 0 unspecified atom stereocenters. The van der Waals surface area contributed by atoms with Gasteiger partial charge in [0.05, 0.1) is 22.8 Å². The van der Waals surface area contributed by atoms with E-state index in [2.05, 4.69) is 10.1 Å². The summed E-state index contributed by atoms with van der Waals surface area (Å²) in [5, 5.41) is 6.45. The van der Waals surface area contributed by atoms with Crippen LogP contribution in [-0.4, -0.2) is 40.6 Å². The molecule has 0 N–H and O–H groups in total. The molecular formula is C19H26N4O3S2. The molecule has 28 heavy (non-hydrogen) atoms. The van der Waals surface area contributed by atoms with Crippen molar-refractivity contribution in [3.05, 3.63) is 40.9 Å². The Bertz CT molecular complexity index is 1010. The minimum absolute atomic E-state index is 0.302. The fraction of sp³-hybridized carbons (Fsp3) is 0.474. The van der Waals surface area contributed by atoms with Crippen molar-refractivity contribution < 1.29 is 12.8 Å². The minimum Gasteiger partial charge on any atom is -0.443 e. The number of oxazole rings is 1. The fourth-order valence-corrected chi connectivity index (χ4v) is 5.89. The molecule has 3 rings (SSSR count). The van der Waals surface area contributed by atoms with Crippen LogP contribution in [0.2, 0.25) is 0 Å². The Morgan fingerprint density at radius 1 is 1.21 bits per heavy atom. The van der Waals surface area contributed by atoms with Crippen LogP contribution in [0.1, 0.15) is 43.8 Å². The average molecular weight is 423 g/mol. The highest BCUT2D eigenvalue weighted by atomic mass is 32.2. The summed E-state index contributed by atoms with van der Waals surface area (Å²) in [6.45, 7) is 8.88. The van der Waals surface area contributed by atoms with Crippen LogP contribution < -0.4 is 0 Å². The Morgan fingerprint density at radius 2 is 1.93 bits per heavy atom. The second-order valence-corrected chi connectivity index (χ2v) is 9.51. The summed E-state index contributed by atoms with van der Waals surface area (Å²) < 4.78 is 35.2. The molecule has 3 heterocycles. The van der Waals surface area contributed by atoms with Gasteiger partial charge >= 0.3 is 0 Å². The Balaban J connectivity index is 1.89. The summed E-state index contributed by atoms with van der Waals surface area (Å²) in [4.78, 5) is 5.77. The van der Waals surface area contributed by atoms with Gasteiger partial charge in [-0.25, -0.2) is 13.4 Å². The van der Waals surface area contributed by atoms with Gasteiger partial charge in [-0.3, -0.25) is 4.68 Å². The molecule has 0 aliphatic heterocycles. The zero-order valence-electron chi connectivity index (χ0n) is 16.7. The average Bonchev–Trinajstić information content (AvgIpc) is 3.36. The zero-order chi connectivity index (χ0) is 20.3. The van der Waals surface area contributed by atoms with E-state index in [1.165, 1.54) is 0 Å². The van der Waals surface area contributed by atoms with Crippen LogP contribution >= 0.6 is 11.3 Å². The molecule has 0 radical (unpaired) electrons. The van der Waals surface area contributed by atoms with Crippen LogP contribution in [0.15, 0.2) is 33.1 Å². The number of rotatable bonds is 9. The molecule has 7 nitrogen and oxygen atoms in total. The third kappa shape index (κ3) is 4.06. The summed E-state index contributed by atoms with van der Waals surface area (Å²) in [6, 6.07) is 3.89. The molecule has 0 bridgehead atoms. The number of aryl methyl sites for hydroxylation is 1. The smallest absolute Gasteiger partial charge is 0.246 e. The van der Waals surface area contributed by atoms with E-state index < -0.39 is 10.0 Å². The predicted molar refractivity (Wildman–Crippen MR) is 110 cm³/mol. The second kappa shape index (κ2) is 8.59. The van der Waals surface area contributed by atoms with Gasteiger partial charge in [-0.05, 0) is 38.1 Å². The van der Waals surface area contributed by atoms with E-state index in [4.69, 9.17) is 4.42 Å². The summed E-state index contributed by atoms with van der Waals surface area (Å²) in [7, 11) is -3.58. The van der Waals surface area contributed by atoms with Gasteiger partial charge in [-0.1, -0.05) is 19.9 Å². The predicted octanol–water partition coefficient (Wildman–Crippen LogP) is 4.08. The minimum atomic E-state index is -3.58. The summed E-state index contributed by atoms with van der Waals surface area (Å²) in [6.07, 6.45) is 3.14. The maximum Gasteiger partial charge on any atom is 0.246 e. The lowest BCUT2D eigenvalue weighted by Crippen LogP contribution is -2.33. The van der Waals surface area contributed by atoms with Crippen molar-refractivity contribution in [3.63, 3.8) is 0 Å². The molecule has 0 aliphatic rings. The zero-order valence-corrected chi connectivity index (χ0v) is 18.3. The molecule has 9 heteroatoms. The third-order valence-corrected chi connectivity index (χ3v) is 7.46. The van der Waals surface area contributed by atoms with Crippen LogP contribution in [0.4, 0.5) is 0 Å². The van der Waals surface area contributed by atoms with Gasteiger partial charge in [-0.15, -0.1) is 11.3 Å². The van der Waals surface area contributed by atoms with Gasteiger partial charge < -0.3 is 4.42 Å². The quantitative estimate of drug-likeness (QED) is 0.519. The number of thiophene rings is 1. The molecule has 0 aliphatic carbocycles. The molecule has 0 fully saturated rings. The lowest BCUT2D eigenvalue weighted by Gasteiger charge is -2.21. The molecular weight excluding hydrogens is 396 g/mol. The van der Waals surface area contributed by atoms with Crippen molar-refractivity contribution in [3.8, 4) is 10.8 Å². The highest BCUT2D eigenvalue weighted by molar-refractivity contribution is 7.89. The van der Waals surface area contributed by atoms with Crippen LogP contribution in [0.5, 0.6) is 0 Å². The largest absolute Gasteiger partial charge is 0.443 e. The van der Waals surface area contributed by atoms with E-state index in [0.717, 1.165) is 17.7 Å². The third-order valence-electron chi connectivity index (χ3n) is 4.45.